The third kappa shape index (κ3) is 2.97. The molecule has 1 aliphatic heterocycles. The van der Waals surface area contributed by atoms with Crippen LogP contribution >= 0.6 is 0 Å². The van der Waals surface area contributed by atoms with Crippen molar-refractivity contribution >= 4 is 17.8 Å². The number of piperidine rings is 1. The highest BCUT2D eigenvalue weighted by Crippen LogP contribution is 2.64. The van der Waals surface area contributed by atoms with Crippen molar-refractivity contribution in [2.75, 3.05) is 6.54 Å². The summed E-state index contributed by atoms with van der Waals surface area (Å²) >= 11 is 0. The molecule has 2 N–H and O–H groups in total. The van der Waals surface area contributed by atoms with Crippen LogP contribution in [0.5, 0.6) is 0 Å². The number of carbonyl (C=O) groups excluding carboxylic acids is 2. The molecule has 0 bridgehead atoms. The Morgan fingerprint density at radius 2 is 1.96 bits per heavy atom. The van der Waals surface area contributed by atoms with Gasteiger partial charge in [0, 0.05) is 12.5 Å². The summed E-state index contributed by atoms with van der Waals surface area (Å²) in [4.78, 5) is 37.9. The van der Waals surface area contributed by atoms with E-state index in [0.717, 1.165) is 0 Å². The number of likely N-dealkylation sites (tertiary alicyclic amines) is 1. The zero-order valence-corrected chi connectivity index (χ0v) is 14.8. The molecule has 2 aliphatic rings. The number of carboxylic acid groups (broad SMARTS) is 1. The minimum Gasteiger partial charge on any atom is -0.480 e. The van der Waals surface area contributed by atoms with Crippen LogP contribution in [0.1, 0.15) is 41.0 Å². The van der Waals surface area contributed by atoms with Gasteiger partial charge in [0.15, 0.2) is 0 Å². The Kier molecular flexibility index (Phi) is 4.38. The van der Waals surface area contributed by atoms with E-state index in [-0.39, 0.29) is 29.6 Å². The monoisotopic (exact) mass is 335 g/mol. The lowest BCUT2D eigenvalue weighted by Crippen LogP contribution is -2.58. The standard InChI is InChI=1S/C17H25N3O4/c1-16(2,3)13(19-10(21)6-7-18)14(22)20-8-9-11(17(9,4)5)12(20)15(23)24/h9,11-13H,6,8H2,1-5H3,(H,19,21)(H,23,24)/t9-,11-,12-,13+/m0/s1. The van der Waals surface area contributed by atoms with Gasteiger partial charge >= 0.3 is 5.97 Å². The third-order valence-corrected chi connectivity index (χ3v) is 5.40. The topological polar surface area (TPSA) is 111 Å². The molecule has 0 aromatic heterocycles. The molecule has 0 aromatic rings. The normalized spacial score (nSPS) is 28.5. The second-order valence-corrected chi connectivity index (χ2v) is 8.43. The maximum Gasteiger partial charge on any atom is 0.326 e. The molecule has 1 aliphatic carbocycles. The average Bonchev–Trinajstić information content (AvgIpc) is 2.83. The Balaban J connectivity index is 2.22. The number of nitrogens with one attached hydrogen (secondary N) is 1. The Hall–Kier alpha value is -2.10. The number of rotatable bonds is 4. The summed E-state index contributed by atoms with van der Waals surface area (Å²) in [5, 5.41) is 20.8. The molecule has 0 spiro atoms. The van der Waals surface area contributed by atoms with Crippen LogP contribution in [0.2, 0.25) is 0 Å². The summed E-state index contributed by atoms with van der Waals surface area (Å²) < 4.78 is 0. The molecule has 2 rings (SSSR count). The van der Waals surface area contributed by atoms with Gasteiger partial charge in [0.1, 0.15) is 18.5 Å². The molecule has 2 amide bonds. The summed E-state index contributed by atoms with van der Waals surface area (Å²) in [6, 6.07) is 0.0416. The van der Waals surface area contributed by atoms with Gasteiger partial charge in [-0.05, 0) is 16.7 Å². The molecule has 7 nitrogen and oxygen atoms in total. The Labute approximate surface area is 142 Å². The van der Waals surface area contributed by atoms with Crippen molar-refractivity contribution in [1.82, 2.24) is 10.2 Å². The molecular formula is C17H25N3O4. The quantitative estimate of drug-likeness (QED) is 0.796. The highest BCUT2D eigenvalue weighted by molar-refractivity contribution is 5.92. The van der Waals surface area contributed by atoms with Crippen LogP contribution in [0.3, 0.4) is 0 Å². The largest absolute Gasteiger partial charge is 0.480 e. The van der Waals surface area contributed by atoms with Gasteiger partial charge in [-0.3, -0.25) is 9.59 Å². The lowest BCUT2D eigenvalue weighted by atomic mass is 9.85. The van der Waals surface area contributed by atoms with E-state index in [2.05, 4.69) is 5.32 Å². The van der Waals surface area contributed by atoms with E-state index in [1.807, 2.05) is 13.8 Å². The highest BCUT2D eigenvalue weighted by Gasteiger charge is 2.70. The van der Waals surface area contributed by atoms with Crippen molar-refractivity contribution in [3.63, 3.8) is 0 Å². The average molecular weight is 335 g/mol. The highest BCUT2D eigenvalue weighted by atomic mass is 16.4. The first-order valence-electron chi connectivity index (χ1n) is 8.12. The molecule has 0 aromatic carbocycles. The van der Waals surface area contributed by atoms with E-state index in [1.54, 1.807) is 26.8 Å². The van der Waals surface area contributed by atoms with Crippen molar-refractivity contribution in [2.45, 2.75) is 53.1 Å². The van der Waals surface area contributed by atoms with Crippen molar-refractivity contribution in [3.05, 3.63) is 0 Å². The first-order chi connectivity index (χ1) is 10.9. The minimum atomic E-state index is -1.00. The van der Waals surface area contributed by atoms with Gasteiger partial charge in [-0.1, -0.05) is 34.6 Å². The van der Waals surface area contributed by atoms with E-state index in [9.17, 15) is 19.5 Å². The van der Waals surface area contributed by atoms with Crippen LogP contribution in [0.4, 0.5) is 0 Å². The predicted octanol–water partition coefficient (Wildman–Crippen LogP) is 0.999. The number of carboxylic acids is 1. The number of hydrogen-bond donors (Lipinski definition) is 2. The molecule has 1 heterocycles. The summed E-state index contributed by atoms with van der Waals surface area (Å²) in [5.41, 5.74) is -0.658. The summed E-state index contributed by atoms with van der Waals surface area (Å²) in [6.07, 6.45) is -0.333. The van der Waals surface area contributed by atoms with Crippen LogP contribution in [0.25, 0.3) is 0 Å². The molecule has 7 heteroatoms. The molecule has 4 atom stereocenters. The Bertz CT molecular complexity index is 614. The van der Waals surface area contributed by atoms with Gasteiger partial charge in [-0.15, -0.1) is 0 Å². The number of nitrogens with zero attached hydrogens (tertiary/aromatic N) is 2. The summed E-state index contributed by atoms with van der Waals surface area (Å²) in [6.45, 7) is 9.86. The lowest BCUT2D eigenvalue weighted by Gasteiger charge is -2.36. The molecular weight excluding hydrogens is 310 g/mol. The maximum atomic E-state index is 13.0. The zero-order valence-electron chi connectivity index (χ0n) is 14.8. The van der Waals surface area contributed by atoms with Crippen molar-refractivity contribution < 1.29 is 19.5 Å². The molecule has 2 fully saturated rings. The Morgan fingerprint density at radius 1 is 1.38 bits per heavy atom. The second kappa shape index (κ2) is 5.76. The van der Waals surface area contributed by atoms with Crippen molar-refractivity contribution in [2.24, 2.45) is 22.7 Å². The first-order valence-corrected chi connectivity index (χ1v) is 8.12. The molecule has 1 saturated carbocycles. The molecule has 1 saturated heterocycles. The van der Waals surface area contributed by atoms with Crippen LogP contribution in [-0.2, 0) is 14.4 Å². The summed E-state index contributed by atoms with van der Waals surface area (Å²) in [7, 11) is 0. The summed E-state index contributed by atoms with van der Waals surface area (Å²) in [5.74, 6) is -1.78. The van der Waals surface area contributed by atoms with Gasteiger partial charge in [0.05, 0.1) is 6.07 Å². The van der Waals surface area contributed by atoms with Crippen molar-refractivity contribution in [1.29, 1.82) is 5.26 Å². The SMILES string of the molecule is CC(C)(C)[C@H](NC(=O)CC#N)C(=O)N1C[C@H]2[C@@H]([C@H]1C(=O)O)C2(C)C. The number of fused-ring (bicyclic) bond motifs is 1. The smallest absolute Gasteiger partial charge is 0.326 e. The number of amides is 2. The van der Waals surface area contributed by atoms with E-state index in [1.165, 1.54) is 4.90 Å². The van der Waals surface area contributed by atoms with E-state index in [0.29, 0.717) is 6.54 Å². The van der Waals surface area contributed by atoms with Gasteiger partial charge in [0.25, 0.3) is 0 Å². The van der Waals surface area contributed by atoms with Gasteiger partial charge < -0.3 is 15.3 Å². The van der Waals surface area contributed by atoms with Crippen LogP contribution in [-0.4, -0.2) is 46.4 Å². The fraction of sp³-hybridized carbons (Fsp3) is 0.765. The van der Waals surface area contributed by atoms with Crippen LogP contribution in [0, 0.1) is 34.0 Å². The van der Waals surface area contributed by atoms with Crippen LogP contribution < -0.4 is 5.32 Å². The van der Waals surface area contributed by atoms with E-state index >= 15 is 0 Å². The van der Waals surface area contributed by atoms with Crippen LogP contribution in [0.15, 0.2) is 0 Å². The van der Waals surface area contributed by atoms with Gasteiger partial charge in [-0.25, -0.2) is 4.79 Å². The first kappa shape index (κ1) is 18.2. The zero-order chi connectivity index (χ0) is 18.4. The van der Waals surface area contributed by atoms with Crippen molar-refractivity contribution in [3.8, 4) is 6.07 Å². The molecule has 0 unspecified atom stereocenters. The second-order valence-electron chi connectivity index (χ2n) is 8.43. The number of aliphatic carboxylic acids is 1. The lowest BCUT2D eigenvalue weighted by molar-refractivity contribution is -0.152. The van der Waals surface area contributed by atoms with Gasteiger partial charge in [-0.2, -0.15) is 5.26 Å². The molecule has 24 heavy (non-hydrogen) atoms. The Morgan fingerprint density at radius 3 is 2.42 bits per heavy atom. The van der Waals surface area contributed by atoms with Gasteiger partial charge in [0.2, 0.25) is 11.8 Å². The minimum absolute atomic E-state index is 0.0469. The number of hydrogen-bond acceptors (Lipinski definition) is 4. The molecule has 0 radical (unpaired) electrons. The van der Waals surface area contributed by atoms with E-state index < -0.39 is 29.4 Å². The number of nitriles is 1. The fourth-order valence-corrected chi connectivity index (χ4v) is 3.89. The predicted molar refractivity (Wildman–Crippen MR) is 85.5 cm³/mol. The molecule has 132 valence electrons. The maximum absolute atomic E-state index is 13.0. The number of carbonyl (C=O) groups is 3. The third-order valence-electron chi connectivity index (χ3n) is 5.40. The fourth-order valence-electron chi connectivity index (χ4n) is 3.89. The van der Waals surface area contributed by atoms with E-state index in [4.69, 9.17) is 5.26 Å².